The average Bonchev–Trinajstić information content (AvgIpc) is 3.19. The Hall–Kier alpha value is -1.42. The summed E-state index contributed by atoms with van der Waals surface area (Å²) in [5.74, 6) is 0. The first-order chi connectivity index (χ1) is 8.74. The van der Waals surface area contributed by atoms with Crippen LogP contribution in [0.4, 0.5) is 11.4 Å². The fourth-order valence-electron chi connectivity index (χ4n) is 2.21. The molecule has 0 atom stereocenters. The highest BCUT2D eigenvalue weighted by Gasteiger charge is 2.41. The Bertz CT molecular complexity index is 578. The normalized spacial score (nSPS) is 16.7. The summed E-state index contributed by atoms with van der Waals surface area (Å²) in [6, 6.07) is 6.03. The second-order valence-corrected chi connectivity index (χ2v) is 6.14. The van der Waals surface area contributed by atoms with Gasteiger partial charge in [0.15, 0.2) is 0 Å². The topological polar surface area (TPSA) is 50.9 Å². The third kappa shape index (κ3) is 2.01. The number of thioether (sulfide) groups is 1. The summed E-state index contributed by atoms with van der Waals surface area (Å²) in [5.41, 5.74) is 7.91. The monoisotopic (exact) mass is 259 g/mol. The number of benzene rings is 1. The lowest BCUT2D eigenvalue weighted by Crippen LogP contribution is -2.17. The molecule has 1 fully saturated rings. The minimum atomic E-state index is 0.459. The highest BCUT2D eigenvalue weighted by molar-refractivity contribution is 8.00. The molecule has 1 aliphatic rings. The number of rotatable bonds is 4. The van der Waals surface area contributed by atoms with Gasteiger partial charge in [-0.2, -0.15) is 11.8 Å². The van der Waals surface area contributed by atoms with Crippen LogP contribution >= 0.6 is 11.8 Å². The molecular formula is C14H17N3S. The number of anilines is 2. The third-order valence-electron chi connectivity index (χ3n) is 3.69. The number of nitrogen functional groups attached to an aromatic ring is 1. The van der Waals surface area contributed by atoms with Gasteiger partial charge < -0.3 is 11.1 Å². The predicted molar refractivity (Wildman–Crippen MR) is 80.1 cm³/mol. The molecule has 94 valence electrons. The Morgan fingerprint density at radius 2 is 2.17 bits per heavy atom. The number of fused-ring (bicyclic) bond motifs is 1. The minimum Gasteiger partial charge on any atom is -0.398 e. The van der Waals surface area contributed by atoms with Crippen molar-refractivity contribution in [2.45, 2.75) is 17.6 Å². The van der Waals surface area contributed by atoms with Gasteiger partial charge >= 0.3 is 0 Å². The van der Waals surface area contributed by atoms with Crippen molar-refractivity contribution in [1.82, 2.24) is 4.98 Å². The molecule has 0 aliphatic heterocycles. The van der Waals surface area contributed by atoms with Crippen LogP contribution in [0.1, 0.15) is 12.8 Å². The summed E-state index contributed by atoms with van der Waals surface area (Å²) in [5, 5.41) is 5.74. The van der Waals surface area contributed by atoms with Crippen LogP contribution in [-0.2, 0) is 0 Å². The lowest BCUT2D eigenvalue weighted by Gasteiger charge is -2.16. The van der Waals surface area contributed by atoms with Crippen molar-refractivity contribution >= 4 is 33.9 Å². The maximum atomic E-state index is 5.97. The molecule has 0 radical (unpaired) electrons. The van der Waals surface area contributed by atoms with Gasteiger partial charge in [-0.05, 0) is 37.3 Å². The highest BCUT2D eigenvalue weighted by Crippen LogP contribution is 2.47. The zero-order chi connectivity index (χ0) is 12.6. The zero-order valence-corrected chi connectivity index (χ0v) is 11.3. The molecule has 1 aromatic heterocycles. The van der Waals surface area contributed by atoms with Gasteiger partial charge in [-0.15, -0.1) is 0 Å². The van der Waals surface area contributed by atoms with E-state index in [0.717, 1.165) is 28.7 Å². The molecular weight excluding hydrogens is 242 g/mol. The second kappa shape index (κ2) is 4.35. The molecule has 2 aromatic rings. The van der Waals surface area contributed by atoms with Crippen LogP contribution in [0.2, 0.25) is 0 Å². The van der Waals surface area contributed by atoms with E-state index in [4.69, 9.17) is 5.73 Å². The van der Waals surface area contributed by atoms with Crippen molar-refractivity contribution in [3.63, 3.8) is 0 Å². The van der Waals surface area contributed by atoms with Gasteiger partial charge in [0.1, 0.15) is 0 Å². The van der Waals surface area contributed by atoms with Crippen LogP contribution in [0.25, 0.3) is 10.8 Å². The van der Waals surface area contributed by atoms with Crippen LogP contribution in [0, 0.1) is 0 Å². The van der Waals surface area contributed by atoms with E-state index >= 15 is 0 Å². The van der Waals surface area contributed by atoms with E-state index in [1.165, 1.54) is 12.8 Å². The van der Waals surface area contributed by atoms with Crippen LogP contribution in [-0.4, -0.2) is 22.5 Å². The van der Waals surface area contributed by atoms with Crippen LogP contribution < -0.4 is 11.1 Å². The lowest BCUT2D eigenvalue weighted by atomic mass is 10.1. The number of pyridine rings is 1. The van der Waals surface area contributed by atoms with E-state index < -0.39 is 0 Å². The van der Waals surface area contributed by atoms with Gasteiger partial charge in [0.05, 0.1) is 0 Å². The van der Waals surface area contributed by atoms with Gasteiger partial charge in [0.2, 0.25) is 0 Å². The number of hydrogen-bond donors (Lipinski definition) is 2. The molecule has 18 heavy (non-hydrogen) atoms. The zero-order valence-electron chi connectivity index (χ0n) is 10.4. The van der Waals surface area contributed by atoms with E-state index in [-0.39, 0.29) is 0 Å². The first-order valence-electron chi connectivity index (χ1n) is 6.15. The summed E-state index contributed by atoms with van der Waals surface area (Å²) in [4.78, 5) is 4.14. The molecule has 3 nitrogen and oxygen atoms in total. The van der Waals surface area contributed by atoms with Crippen LogP contribution in [0.3, 0.4) is 0 Å². The van der Waals surface area contributed by atoms with Gasteiger partial charge in [0, 0.05) is 45.8 Å². The fraction of sp³-hybridized carbons (Fsp3) is 0.357. The largest absolute Gasteiger partial charge is 0.398 e. The summed E-state index contributed by atoms with van der Waals surface area (Å²) in [6.45, 7) is 1.02. The van der Waals surface area contributed by atoms with Crippen molar-refractivity contribution in [2.75, 3.05) is 23.9 Å². The quantitative estimate of drug-likeness (QED) is 0.828. The van der Waals surface area contributed by atoms with E-state index in [1.807, 2.05) is 36.3 Å². The molecule has 1 aliphatic carbocycles. The Morgan fingerprint density at radius 1 is 1.33 bits per heavy atom. The van der Waals surface area contributed by atoms with Gasteiger partial charge in [-0.3, -0.25) is 4.98 Å². The molecule has 0 unspecified atom stereocenters. The summed E-state index contributed by atoms with van der Waals surface area (Å²) in [7, 11) is 0. The average molecular weight is 259 g/mol. The molecule has 0 bridgehead atoms. The van der Waals surface area contributed by atoms with Gasteiger partial charge in [-0.1, -0.05) is 0 Å². The molecule has 0 amide bonds. The van der Waals surface area contributed by atoms with Crippen LogP contribution in [0.15, 0.2) is 30.6 Å². The second-order valence-electron chi connectivity index (χ2n) is 4.86. The lowest BCUT2D eigenvalue weighted by molar-refractivity contribution is 0.951. The molecule has 1 heterocycles. The maximum absolute atomic E-state index is 5.97. The van der Waals surface area contributed by atoms with E-state index in [0.29, 0.717) is 4.75 Å². The Balaban J connectivity index is 1.90. The van der Waals surface area contributed by atoms with E-state index in [1.54, 1.807) is 0 Å². The molecule has 0 spiro atoms. The highest BCUT2D eigenvalue weighted by atomic mass is 32.2. The standard InChI is InChI=1S/C14H17N3S/c1-18-14(5-6-14)9-17-13-3-2-12(15)11-8-16-7-4-10(11)13/h2-4,7-8,17H,5-6,9,15H2,1H3. The fourth-order valence-corrected chi connectivity index (χ4v) is 2.94. The Labute approximate surface area is 111 Å². The van der Waals surface area contributed by atoms with E-state index in [2.05, 4.69) is 22.6 Å². The number of nitrogens with one attached hydrogen (secondary N) is 1. The van der Waals surface area contributed by atoms with Crippen molar-refractivity contribution in [3.8, 4) is 0 Å². The summed E-state index contributed by atoms with van der Waals surface area (Å²) < 4.78 is 0.459. The summed E-state index contributed by atoms with van der Waals surface area (Å²) in [6.07, 6.45) is 8.47. The van der Waals surface area contributed by atoms with Gasteiger partial charge in [0.25, 0.3) is 0 Å². The van der Waals surface area contributed by atoms with Crippen LogP contribution in [0.5, 0.6) is 0 Å². The van der Waals surface area contributed by atoms with Crippen molar-refractivity contribution in [2.24, 2.45) is 0 Å². The smallest absolute Gasteiger partial charge is 0.0423 e. The maximum Gasteiger partial charge on any atom is 0.0423 e. The van der Waals surface area contributed by atoms with E-state index in [9.17, 15) is 0 Å². The summed E-state index contributed by atoms with van der Waals surface area (Å²) >= 11 is 1.97. The molecule has 1 saturated carbocycles. The predicted octanol–water partition coefficient (Wildman–Crippen LogP) is 3.12. The molecule has 1 aromatic carbocycles. The SMILES string of the molecule is CSC1(CNc2ccc(N)c3cnccc23)CC1. The number of aromatic nitrogens is 1. The number of nitrogens with zero attached hydrogens (tertiary/aromatic N) is 1. The molecule has 4 heteroatoms. The Kier molecular flexibility index (Phi) is 2.82. The van der Waals surface area contributed by atoms with Gasteiger partial charge in [-0.25, -0.2) is 0 Å². The molecule has 3 rings (SSSR count). The Morgan fingerprint density at radius 3 is 2.89 bits per heavy atom. The first-order valence-corrected chi connectivity index (χ1v) is 7.38. The number of hydrogen-bond acceptors (Lipinski definition) is 4. The van der Waals surface area contributed by atoms with Crippen molar-refractivity contribution in [3.05, 3.63) is 30.6 Å². The van der Waals surface area contributed by atoms with Crippen molar-refractivity contribution in [1.29, 1.82) is 0 Å². The third-order valence-corrected chi connectivity index (χ3v) is 5.11. The van der Waals surface area contributed by atoms with Crippen molar-refractivity contribution < 1.29 is 0 Å². The molecule has 0 saturated heterocycles. The minimum absolute atomic E-state index is 0.459. The molecule has 3 N–H and O–H groups in total. The first kappa shape index (κ1) is 11.7. The number of nitrogens with two attached hydrogens (primary N) is 1.